The number of furan rings is 1. The Morgan fingerprint density at radius 1 is 1.25 bits per heavy atom. The molecule has 152 valence electrons. The largest absolute Gasteiger partial charge is 0.461 e. The smallest absolute Gasteiger partial charge is 0.333 e. The molecule has 6 heteroatoms. The van der Waals surface area contributed by atoms with E-state index in [9.17, 15) is 14.4 Å². The summed E-state index contributed by atoms with van der Waals surface area (Å²) >= 11 is 0. The molecule has 0 N–H and O–H groups in total. The van der Waals surface area contributed by atoms with Gasteiger partial charge in [0.15, 0.2) is 5.76 Å². The van der Waals surface area contributed by atoms with Gasteiger partial charge in [-0.2, -0.15) is 0 Å². The van der Waals surface area contributed by atoms with Crippen molar-refractivity contribution in [1.82, 2.24) is 0 Å². The summed E-state index contributed by atoms with van der Waals surface area (Å²) in [5, 5.41) is 0. The van der Waals surface area contributed by atoms with Gasteiger partial charge in [-0.15, -0.1) is 0 Å². The maximum atomic E-state index is 13.2. The van der Waals surface area contributed by atoms with E-state index in [1.54, 1.807) is 19.9 Å². The van der Waals surface area contributed by atoms with Gasteiger partial charge < -0.3 is 13.9 Å². The lowest BCUT2D eigenvalue weighted by molar-refractivity contribution is -0.179. The standard InChI is InChI=1S/C22H28O6/c1-7-11(2)21(25)28-16-9-8-15-18(24)19-17(12(3)10-26-19)20(27-14(5)23)22(15,6)13(16)4/h7,10,13,15-16,20H,8-9H2,1-6H3/b11-7-/t13-,15-,16+,20+,22+/m0/s1. The Hall–Kier alpha value is -2.37. The van der Waals surface area contributed by atoms with Crippen LogP contribution < -0.4 is 0 Å². The first-order valence-electron chi connectivity index (χ1n) is 9.76. The molecule has 0 aliphatic heterocycles. The number of fused-ring (bicyclic) bond motifs is 2. The third-order valence-corrected chi connectivity index (χ3v) is 6.72. The summed E-state index contributed by atoms with van der Waals surface area (Å²) in [6.07, 6.45) is 3.40. The van der Waals surface area contributed by atoms with Gasteiger partial charge in [-0.3, -0.25) is 9.59 Å². The molecule has 1 aromatic heterocycles. The summed E-state index contributed by atoms with van der Waals surface area (Å²) in [7, 11) is 0. The second kappa shape index (κ2) is 7.22. The van der Waals surface area contributed by atoms with Crippen molar-refractivity contribution < 1.29 is 28.3 Å². The van der Waals surface area contributed by atoms with Crippen LogP contribution in [0.3, 0.4) is 0 Å². The minimum absolute atomic E-state index is 0.0599. The van der Waals surface area contributed by atoms with Gasteiger partial charge in [-0.1, -0.05) is 19.9 Å². The molecule has 1 aromatic rings. The van der Waals surface area contributed by atoms with Crippen LogP contribution in [0.4, 0.5) is 0 Å². The summed E-state index contributed by atoms with van der Waals surface area (Å²) in [6.45, 7) is 10.6. The molecule has 2 aliphatic carbocycles. The molecule has 28 heavy (non-hydrogen) atoms. The summed E-state index contributed by atoms with van der Waals surface area (Å²) in [5.74, 6) is -1.08. The quantitative estimate of drug-likeness (QED) is 0.566. The number of esters is 2. The van der Waals surface area contributed by atoms with Gasteiger partial charge in [-0.25, -0.2) is 4.79 Å². The van der Waals surface area contributed by atoms with Crippen molar-refractivity contribution >= 4 is 17.7 Å². The molecule has 3 rings (SSSR count). The number of aryl methyl sites for hydroxylation is 1. The molecule has 0 spiro atoms. The Morgan fingerprint density at radius 2 is 1.93 bits per heavy atom. The van der Waals surface area contributed by atoms with E-state index in [0.717, 1.165) is 5.56 Å². The molecule has 1 fully saturated rings. The number of ether oxygens (including phenoxy) is 2. The summed E-state index contributed by atoms with van der Waals surface area (Å²) in [5.41, 5.74) is 1.27. The fourth-order valence-electron chi connectivity index (χ4n) is 4.75. The Morgan fingerprint density at radius 3 is 2.54 bits per heavy atom. The molecular formula is C22H28O6. The first kappa shape index (κ1) is 20.4. The van der Waals surface area contributed by atoms with Crippen LogP contribution in [0.25, 0.3) is 0 Å². The highest BCUT2D eigenvalue weighted by atomic mass is 16.6. The fourth-order valence-corrected chi connectivity index (χ4v) is 4.75. The van der Waals surface area contributed by atoms with Crippen LogP contribution in [0.15, 0.2) is 22.3 Å². The van der Waals surface area contributed by atoms with Crippen LogP contribution in [0.1, 0.15) is 75.2 Å². The van der Waals surface area contributed by atoms with Crippen molar-refractivity contribution in [1.29, 1.82) is 0 Å². The monoisotopic (exact) mass is 388 g/mol. The zero-order valence-corrected chi connectivity index (χ0v) is 17.3. The normalized spacial score (nSPS) is 32.4. The SMILES string of the molecule is C/C=C(/C)C(=O)O[C@@H]1CC[C@H]2C(=O)c3occ(C)c3[C@@H](OC(C)=O)[C@]2(C)[C@H]1C. The fraction of sp³-hybridized carbons (Fsp3) is 0.591. The van der Waals surface area contributed by atoms with Gasteiger partial charge in [0, 0.05) is 35.3 Å². The second-order valence-corrected chi connectivity index (χ2v) is 8.22. The van der Waals surface area contributed by atoms with Crippen molar-refractivity contribution in [3.05, 3.63) is 34.8 Å². The van der Waals surface area contributed by atoms with E-state index < -0.39 is 17.5 Å². The number of ketones is 1. The van der Waals surface area contributed by atoms with Gasteiger partial charge in [-0.05, 0) is 39.2 Å². The summed E-state index contributed by atoms with van der Waals surface area (Å²) < 4.78 is 17.1. The van der Waals surface area contributed by atoms with Crippen LogP contribution in [0.5, 0.6) is 0 Å². The molecule has 5 atom stereocenters. The number of allylic oxidation sites excluding steroid dienone is 1. The van der Waals surface area contributed by atoms with Crippen molar-refractivity contribution in [3.63, 3.8) is 0 Å². The average molecular weight is 388 g/mol. The zero-order valence-electron chi connectivity index (χ0n) is 17.3. The first-order chi connectivity index (χ1) is 13.1. The van der Waals surface area contributed by atoms with Crippen LogP contribution in [0, 0.1) is 24.2 Å². The van der Waals surface area contributed by atoms with Crippen LogP contribution in [0.2, 0.25) is 0 Å². The van der Waals surface area contributed by atoms with E-state index in [2.05, 4.69) is 0 Å². The highest BCUT2D eigenvalue weighted by Crippen LogP contribution is 2.59. The Labute approximate surface area is 165 Å². The average Bonchev–Trinajstić information content (AvgIpc) is 3.03. The molecule has 1 saturated carbocycles. The molecule has 0 unspecified atom stereocenters. The maximum absolute atomic E-state index is 13.2. The third-order valence-electron chi connectivity index (χ3n) is 6.72. The number of hydrogen-bond acceptors (Lipinski definition) is 6. The van der Waals surface area contributed by atoms with Crippen LogP contribution in [-0.4, -0.2) is 23.8 Å². The first-order valence-corrected chi connectivity index (χ1v) is 9.76. The number of carbonyl (C=O) groups is 3. The molecule has 1 heterocycles. The number of Topliss-reactive ketones (excluding diaryl/α,β-unsaturated/α-hetero) is 1. The van der Waals surface area contributed by atoms with Gasteiger partial charge >= 0.3 is 11.9 Å². The molecular weight excluding hydrogens is 360 g/mol. The second-order valence-electron chi connectivity index (χ2n) is 8.22. The highest BCUT2D eigenvalue weighted by Gasteiger charge is 2.61. The van der Waals surface area contributed by atoms with Crippen LogP contribution in [-0.2, 0) is 19.1 Å². The molecule has 0 amide bonds. The summed E-state index contributed by atoms with van der Waals surface area (Å²) in [4.78, 5) is 37.4. The van der Waals surface area contributed by atoms with Crippen LogP contribution >= 0.6 is 0 Å². The molecule has 0 saturated heterocycles. The number of carbonyl (C=O) groups excluding carboxylic acids is 3. The van der Waals surface area contributed by atoms with Crippen molar-refractivity contribution in [2.75, 3.05) is 0 Å². The van der Waals surface area contributed by atoms with Gasteiger partial charge in [0.1, 0.15) is 12.2 Å². The molecule has 6 nitrogen and oxygen atoms in total. The highest BCUT2D eigenvalue weighted by molar-refractivity contribution is 5.99. The topological polar surface area (TPSA) is 82.8 Å². The van der Waals surface area contributed by atoms with E-state index in [1.807, 2.05) is 20.8 Å². The molecule has 2 aliphatic rings. The minimum atomic E-state index is -0.697. The van der Waals surface area contributed by atoms with E-state index in [-0.39, 0.29) is 29.7 Å². The lowest BCUT2D eigenvalue weighted by Crippen LogP contribution is -2.55. The van der Waals surface area contributed by atoms with Crippen molar-refractivity contribution in [2.45, 2.75) is 66.6 Å². The summed E-state index contributed by atoms with van der Waals surface area (Å²) in [6, 6.07) is 0. The van der Waals surface area contributed by atoms with Crippen molar-refractivity contribution in [3.8, 4) is 0 Å². The zero-order chi connectivity index (χ0) is 20.8. The molecule has 0 aromatic carbocycles. The minimum Gasteiger partial charge on any atom is -0.461 e. The predicted molar refractivity (Wildman–Crippen MR) is 102 cm³/mol. The Balaban J connectivity index is 2.04. The van der Waals surface area contributed by atoms with E-state index >= 15 is 0 Å². The van der Waals surface area contributed by atoms with Gasteiger partial charge in [0.2, 0.25) is 5.78 Å². The van der Waals surface area contributed by atoms with E-state index in [0.29, 0.717) is 29.7 Å². The van der Waals surface area contributed by atoms with Crippen molar-refractivity contribution in [2.24, 2.45) is 17.3 Å². The molecule has 0 bridgehead atoms. The van der Waals surface area contributed by atoms with Gasteiger partial charge in [0.05, 0.1) is 6.26 Å². The Bertz CT molecular complexity index is 847. The number of rotatable bonds is 3. The molecule has 0 radical (unpaired) electrons. The van der Waals surface area contributed by atoms with E-state index in [1.165, 1.54) is 13.2 Å². The third kappa shape index (κ3) is 2.99. The van der Waals surface area contributed by atoms with E-state index in [4.69, 9.17) is 13.9 Å². The maximum Gasteiger partial charge on any atom is 0.333 e. The number of hydrogen-bond donors (Lipinski definition) is 0. The van der Waals surface area contributed by atoms with Gasteiger partial charge in [0.25, 0.3) is 0 Å². The lowest BCUT2D eigenvalue weighted by atomic mass is 9.53. The predicted octanol–water partition coefficient (Wildman–Crippen LogP) is 4.32. The lowest BCUT2D eigenvalue weighted by Gasteiger charge is -2.53. The Kier molecular flexibility index (Phi) is 5.26.